The number of benzene rings is 1. The maximum Gasteiger partial charge on any atom is 0.234 e. The van der Waals surface area contributed by atoms with Gasteiger partial charge in [-0.3, -0.25) is 4.79 Å². The molecule has 1 amide bonds. The third-order valence-corrected chi connectivity index (χ3v) is 4.44. The fourth-order valence-corrected chi connectivity index (χ4v) is 3.23. The van der Waals surface area contributed by atoms with E-state index in [1.807, 2.05) is 30.0 Å². The number of nitrogen functional groups attached to an aromatic ring is 1. The molecule has 1 atom stereocenters. The minimum atomic E-state index is -0.0573. The van der Waals surface area contributed by atoms with Crippen molar-refractivity contribution in [3.8, 4) is 0 Å². The molecule has 0 aliphatic carbocycles. The molecule has 4 nitrogen and oxygen atoms in total. The van der Waals surface area contributed by atoms with Crippen molar-refractivity contribution in [1.82, 2.24) is 4.90 Å². The van der Waals surface area contributed by atoms with Crippen molar-refractivity contribution in [2.45, 2.75) is 31.7 Å². The van der Waals surface area contributed by atoms with E-state index in [0.717, 1.165) is 42.9 Å². The van der Waals surface area contributed by atoms with Crippen LogP contribution in [-0.4, -0.2) is 37.0 Å². The number of anilines is 2. The number of hydrogen-bond donors (Lipinski definition) is 1. The van der Waals surface area contributed by atoms with Gasteiger partial charge in [0.15, 0.2) is 0 Å². The van der Waals surface area contributed by atoms with Crippen LogP contribution in [0.2, 0.25) is 0 Å². The summed E-state index contributed by atoms with van der Waals surface area (Å²) in [6.07, 6.45) is 2.11. The van der Waals surface area contributed by atoms with Crippen molar-refractivity contribution in [2.75, 3.05) is 30.8 Å². The monoisotopic (exact) mass is 259 g/mol. The van der Waals surface area contributed by atoms with Gasteiger partial charge in [-0.2, -0.15) is 0 Å². The summed E-state index contributed by atoms with van der Waals surface area (Å²) in [4.78, 5) is 16.9. The van der Waals surface area contributed by atoms with Gasteiger partial charge in [-0.1, -0.05) is 0 Å². The van der Waals surface area contributed by atoms with E-state index in [0.29, 0.717) is 6.04 Å². The molecule has 0 bridgehead atoms. The van der Waals surface area contributed by atoms with Crippen LogP contribution in [-0.2, 0) is 4.79 Å². The number of carbonyl (C=O) groups excluding carboxylic acids is 1. The standard InChI is InChI=1S/C15H21N3O/c1-10-13-9-11(16)3-4-14(13)18(15(10)19)12-5-7-17(2)8-6-12/h3-4,9-10,12H,5-8,16H2,1-2H3/t10-/m0/s1. The molecular weight excluding hydrogens is 238 g/mol. The largest absolute Gasteiger partial charge is 0.399 e. The van der Waals surface area contributed by atoms with Gasteiger partial charge in [-0.15, -0.1) is 0 Å². The summed E-state index contributed by atoms with van der Waals surface area (Å²) in [5.74, 6) is 0.174. The zero-order chi connectivity index (χ0) is 13.6. The molecule has 1 fully saturated rings. The second-order valence-corrected chi connectivity index (χ2v) is 5.78. The second kappa shape index (κ2) is 4.53. The minimum absolute atomic E-state index is 0.0573. The Hall–Kier alpha value is -1.55. The molecule has 2 aliphatic rings. The van der Waals surface area contributed by atoms with E-state index in [4.69, 9.17) is 5.73 Å². The van der Waals surface area contributed by atoms with Gasteiger partial charge in [0, 0.05) is 17.4 Å². The Labute approximate surface area is 114 Å². The molecule has 102 valence electrons. The Balaban J connectivity index is 1.93. The Morgan fingerprint density at radius 2 is 1.95 bits per heavy atom. The van der Waals surface area contributed by atoms with Crippen LogP contribution in [0.4, 0.5) is 11.4 Å². The molecule has 3 rings (SSSR count). The third kappa shape index (κ3) is 2.00. The van der Waals surface area contributed by atoms with Crippen LogP contribution in [0.5, 0.6) is 0 Å². The Morgan fingerprint density at radius 3 is 2.63 bits per heavy atom. The number of fused-ring (bicyclic) bond motifs is 1. The lowest BCUT2D eigenvalue weighted by Crippen LogP contribution is -2.45. The molecule has 0 unspecified atom stereocenters. The maximum atomic E-state index is 12.5. The van der Waals surface area contributed by atoms with Crippen molar-refractivity contribution in [3.63, 3.8) is 0 Å². The lowest BCUT2D eigenvalue weighted by atomic mass is 10.0. The molecule has 0 radical (unpaired) electrons. The first-order valence-corrected chi connectivity index (χ1v) is 6.99. The highest BCUT2D eigenvalue weighted by molar-refractivity contribution is 6.05. The van der Waals surface area contributed by atoms with Gasteiger partial charge >= 0.3 is 0 Å². The van der Waals surface area contributed by atoms with E-state index in [1.165, 1.54) is 0 Å². The number of likely N-dealkylation sites (tertiary alicyclic amines) is 1. The Kier molecular flexibility index (Phi) is 2.97. The SMILES string of the molecule is C[C@@H]1C(=O)N(C2CCN(C)CC2)c2ccc(N)cc21. The number of rotatable bonds is 1. The lowest BCUT2D eigenvalue weighted by molar-refractivity contribution is -0.119. The topological polar surface area (TPSA) is 49.6 Å². The van der Waals surface area contributed by atoms with E-state index >= 15 is 0 Å². The molecule has 1 saturated heterocycles. The van der Waals surface area contributed by atoms with Crippen LogP contribution >= 0.6 is 0 Å². The quantitative estimate of drug-likeness (QED) is 0.783. The van der Waals surface area contributed by atoms with Gasteiger partial charge in [-0.05, 0) is 63.7 Å². The van der Waals surface area contributed by atoms with Crippen molar-refractivity contribution < 1.29 is 4.79 Å². The first-order valence-electron chi connectivity index (χ1n) is 6.99. The Morgan fingerprint density at radius 1 is 1.26 bits per heavy atom. The van der Waals surface area contributed by atoms with Crippen LogP contribution in [0, 0.1) is 0 Å². The van der Waals surface area contributed by atoms with Crippen molar-refractivity contribution in [1.29, 1.82) is 0 Å². The van der Waals surface area contributed by atoms with E-state index < -0.39 is 0 Å². The molecule has 2 N–H and O–H groups in total. The normalized spacial score (nSPS) is 24.8. The van der Waals surface area contributed by atoms with Crippen molar-refractivity contribution >= 4 is 17.3 Å². The average molecular weight is 259 g/mol. The highest BCUT2D eigenvalue weighted by Crippen LogP contribution is 2.40. The molecule has 1 aromatic carbocycles. The first-order chi connectivity index (χ1) is 9.08. The number of amides is 1. The summed E-state index contributed by atoms with van der Waals surface area (Å²) < 4.78 is 0. The van der Waals surface area contributed by atoms with Gasteiger partial charge < -0.3 is 15.5 Å². The molecular formula is C15H21N3O. The van der Waals surface area contributed by atoms with Crippen LogP contribution in [0.25, 0.3) is 0 Å². The fourth-order valence-electron chi connectivity index (χ4n) is 3.23. The van der Waals surface area contributed by atoms with E-state index in [2.05, 4.69) is 11.9 Å². The van der Waals surface area contributed by atoms with Gasteiger partial charge in [0.2, 0.25) is 5.91 Å². The highest BCUT2D eigenvalue weighted by atomic mass is 16.2. The molecule has 0 spiro atoms. The summed E-state index contributed by atoms with van der Waals surface area (Å²) >= 11 is 0. The number of carbonyl (C=O) groups is 1. The van der Waals surface area contributed by atoms with E-state index in [9.17, 15) is 4.79 Å². The molecule has 2 heterocycles. The zero-order valence-electron chi connectivity index (χ0n) is 11.6. The number of nitrogens with two attached hydrogens (primary N) is 1. The van der Waals surface area contributed by atoms with Crippen molar-refractivity contribution in [2.24, 2.45) is 0 Å². The van der Waals surface area contributed by atoms with E-state index in [-0.39, 0.29) is 11.8 Å². The Bertz CT molecular complexity index is 506. The lowest BCUT2D eigenvalue weighted by Gasteiger charge is -2.35. The summed E-state index contributed by atoms with van der Waals surface area (Å²) in [5, 5.41) is 0. The average Bonchev–Trinajstić information content (AvgIpc) is 2.64. The smallest absolute Gasteiger partial charge is 0.234 e. The predicted octanol–water partition coefficient (Wildman–Crippen LogP) is 1.81. The molecule has 19 heavy (non-hydrogen) atoms. The van der Waals surface area contributed by atoms with Gasteiger partial charge in [0.25, 0.3) is 0 Å². The van der Waals surface area contributed by atoms with Crippen LogP contribution in [0.1, 0.15) is 31.2 Å². The van der Waals surface area contributed by atoms with Gasteiger partial charge in [0.1, 0.15) is 0 Å². The van der Waals surface area contributed by atoms with Gasteiger partial charge in [0.05, 0.1) is 5.92 Å². The second-order valence-electron chi connectivity index (χ2n) is 5.78. The molecule has 0 aromatic heterocycles. The van der Waals surface area contributed by atoms with Crippen LogP contribution in [0.3, 0.4) is 0 Å². The van der Waals surface area contributed by atoms with Gasteiger partial charge in [-0.25, -0.2) is 0 Å². The summed E-state index contributed by atoms with van der Waals surface area (Å²) in [7, 11) is 2.14. The molecule has 2 aliphatic heterocycles. The number of hydrogen-bond acceptors (Lipinski definition) is 3. The zero-order valence-corrected chi connectivity index (χ0v) is 11.6. The maximum absolute atomic E-state index is 12.5. The summed E-state index contributed by atoms with van der Waals surface area (Å²) in [6.45, 7) is 4.11. The van der Waals surface area contributed by atoms with Crippen LogP contribution < -0.4 is 10.6 Å². The number of nitrogens with zero attached hydrogens (tertiary/aromatic N) is 2. The van der Waals surface area contributed by atoms with E-state index in [1.54, 1.807) is 0 Å². The summed E-state index contributed by atoms with van der Waals surface area (Å²) in [5.41, 5.74) is 8.74. The molecule has 4 heteroatoms. The predicted molar refractivity (Wildman–Crippen MR) is 77.3 cm³/mol. The first kappa shape index (κ1) is 12.5. The number of piperidine rings is 1. The van der Waals surface area contributed by atoms with Crippen molar-refractivity contribution in [3.05, 3.63) is 23.8 Å². The molecule has 0 saturated carbocycles. The fraction of sp³-hybridized carbons (Fsp3) is 0.533. The summed E-state index contributed by atoms with van der Waals surface area (Å²) in [6, 6.07) is 6.19. The third-order valence-electron chi connectivity index (χ3n) is 4.44. The van der Waals surface area contributed by atoms with Crippen LogP contribution in [0.15, 0.2) is 18.2 Å². The highest BCUT2D eigenvalue weighted by Gasteiger charge is 2.38. The molecule has 1 aromatic rings. The minimum Gasteiger partial charge on any atom is -0.399 e.